The van der Waals surface area contributed by atoms with Crippen LogP contribution in [0.25, 0.3) is 0 Å². The first-order valence-electron chi connectivity index (χ1n) is 6.13. The van der Waals surface area contributed by atoms with Gasteiger partial charge in [0.05, 0.1) is 6.54 Å². The van der Waals surface area contributed by atoms with Crippen LogP contribution in [0, 0.1) is 5.41 Å². The number of hydrogen-bond donors (Lipinski definition) is 2. The lowest BCUT2D eigenvalue weighted by atomic mass is 9.87. The van der Waals surface area contributed by atoms with E-state index in [9.17, 15) is 9.59 Å². The van der Waals surface area contributed by atoms with Crippen molar-refractivity contribution in [2.45, 2.75) is 40.0 Å². The summed E-state index contributed by atoms with van der Waals surface area (Å²) in [5, 5.41) is 0. The molecule has 4 N–H and O–H groups in total. The number of primary amides is 1. The fourth-order valence-electron chi connectivity index (χ4n) is 1.69. The summed E-state index contributed by atoms with van der Waals surface area (Å²) in [7, 11) is 0. The molecular formula is C12H25N3O2. The maximum Gasteiger partial charge on any atom is 0.237 e. The van der Waals surface area contributed by atoms with E-state index in [1.54, 1.807) is 4.90 Å². The van der Waals surface area contributed by atoms with E-state index in [0.29, 0.717) is 19.5 Å². The van der Waals surface area contributed by atoms with E-state index in [1.807, 2.05) is 20.8 Å². The zero-order chi connectivity index (χ0) is 13.5. The van der Waals surface area contributed by atoms with Gasteiger partial charge in [0.2, 0.25) is 11.8 Å². The molecule has 0 fully saturated rings. The zero-order valence-electron chi connectivity index (χ0n) is 11.2. The SMILES string of the molecule is CCCCN(CC(N)=O)C(=O)C(C)(C)CCN. The second-order valence-corrected chi connectivity index (χ2v) is 4.97. The lowest BCUT2D eigenvalue weighted by molar-refractivity contribution is -0.143. The third-order valence-electron chi connectivity index (χ3n) is 2.76. The minimum Gasteiger partial charge on any atom is -0.368 e. The van der Waals surface area contributed by atoms with Crippen LogP contribution in [0.2, 0.25) is 0 Å². The zero-order valence-corrected chi connectivity index (χ0v) is 11.2. The summed E-state index contributed by atoms with van der Waals surface area (Å²) in [5.74, 6) is -0.520. The van der Waals surface area contributed by atoms with Crippen LogP contribution in [0.15, 0.2) is 0 Å². The highest BCUT2D eigenvalue weighted by molar-refractivity contribution is 5.86. The normalized spacial score (nSPS) is 11.3. The molecule has 0 aliphatic heterocycles. The summed E-state index contributed by atoms with van der Waals surface area (Å²) < 4.78 is 0. The molecule has 2 amide bonds. The van der Waals surface area contributed by atoms with Gasteiger partial charge in [-0.2, -0.15) is 0 Å². The van der Waals surface area contributed by atoms with Crippen LogP contribution < -0.4 is 11.5 Å². The van der Waals surface area contributed by atoms with Crippen molar-refractivity contribution in [3.05, 3.63) is 0 Å². The quantitative estimate of drug-likeness (QED) is 0.649. The molecule has 0 spiro atoms. The first-order chi connectivity index (χ1) is 7.85. The Labute approximate surface area is 104 Å². The van der Waals surface area contributed by atoms with Gasteiger partial charge in [0.1, 0.15) is 0 Å². The number of rotatable bonds is 8. The molecule has 5 heteroatoms. The van der Waals surface area contributed by atoms with E-state index in [2.05, 4.69) is 0 Å². The average molecular weight is 243 g/mol. The third-order valence-corrected chi connectivity index (χ3v) is 2.76. The Morgan fingerprint density at radius 3 is 2.29 bits per heavy atom. The van der Waals surface area contributed by atoms with Crippen molar-refractivity contribution in [1.82, 2.24) is 4.90 Å². The minimum absolute atomic E-state index is 0.00711. The Kier molecular flexibility index (Phi) is 6.80. The highest BCUT2D eigenvalue weighted by Crippen LogP contribution is 2.22. The van der Waals surface area contributed by atoms with Gasteiger partial charge in [0, 0.05) is 12.0 Å². The molecule has 5 nitrogen and oxygen atoms in total. The smallest absolute Gasteiger partial charge is 0.237 e. The molecule has 0 aliphatic carbocycles. The van der Waals surface area contributed by atoms with Crippen LogP contribution in [0.3, 0.4) is 0 Å². The average Bonchev–Trinajstić information content (AvgIpc) is 2.22. The van der Waals surface area contributed by atoms with Crippen molar-refractivity contribution in [2.75, 3.05) is 19.6 Å². The number of nitrogens with zero attached hydrogens (tertiary/aromatic N) is 1. The molecule has 0 aromatic rings. The first kappa shape index (κ1) is 15.9. The Morgan fingerprint density at radius 2 is 1.88 bits per heavy atom. The third kappa shape index (κ3) is 5.68. The maximum absolute atomic E-state index is 12.3. The predicted octanol–water partition coefficient (Wildman–Crippen LogP) is 0.475. The molecule has 0 rings (SSSR count). The fourth-order valence-corrected chi connectivity index (χ4v) is 1.69. The van der Waals surface area contributed by atoms with Crippen LogP contribution >= 0.6 is 0 Å². The van der Waals surface area contributed by atoms with Crippen molar-refractivity contribution >= 4 is 11.8 Å². The van der Waals surface area contributed by atoms with Gasteiger partial charge >= 0.3 is 0 Å². The van der Waals surface area contributed by atoms with Crippen LogP contribution in [0.5, 0.6) is 0 Å². The van der Waals surface area contributed by atoms with E-state index in [0.717, 1.165) is 12.8 Å². The molecule has 0 aliphatic rings. The molecule has 0 aromatic heterocycles. The van der Waals surface area contributed by atoms with Crippen molar-refractivity contribution in [3.8, 4) is 0 Å². The van der Waals surface area contributed by atoms with Crippen molar-refractivity contribution < 1.29 is 9.59 Å². The van der Waals surface area contributed by atoms with Gasteiger partial charge in [-0.15, -0.1) is 0 Å². The Bertz CT molecular complexity index is 264. The standard InChI is InChI=1S/C12H25N3O2/c1-4-5-8-15(9-10(14)16)11(17)12(2,3)6-7-13/h4-9,13H2,1-3H3,(H2,14,16). The summed E-state index contributed by atoms with van der Waals surface area (Å²) in [6.45, 7) is 6.76. The number of unbranched alkanes of at least 4 members (excludes halogenated alkanes) is 1. The number of carbonyl (C=O) groups excluding carboxylic acids is 2. The lowest BCUT2D eigenvalue weighted by Gasteiger charge is -2.31. The minimum atomic E-state index is -0.530. The van der Waals surface area contributed by atoms with Crippen LogP contribution in [-0.2, 0) is 9.59 Å². The van der Waals surface area contributed by atoms with Crippen molar-refractivity contribution in [3.63, 3.8) is 0 Å². The summed E-state index contributed by atoms with van der Waals surface area (Å²) in [6.07, 6.45) is 2.45. The monoisotopic (exact) mass is 243 g/mol. The Hall–Kier alpha value is -1.10. The predicted molar refractivity (Wildman–Crippen MR) is 68.1 cm³/mol. The number of nitrogens with two attached hydrogens (primary N) is 2. The van der Waals surface area contributed by atoms with Crippen molar-refractivity contribution in [1.29, 1.82) is 0 Å². The topological polar surface area (TPSA) is 89.4 Å². The van der Waals surface area contributed by atoms with E-state index >= 15 is 0 Å². The van der Waals surface area contributed by atoms with Gasteiger partial charge in [-0.1, -0.05) is 27.2 Å². The molecule has 0 saturated carbocycles. The van der Waals surface area contributed by atoms with E-state index in [1.165, 1.54) is 0 Å². The highest BCUT2D eigenvalue weighted by Gasteiger charge is 2.31. The van der Waals surface area contributed by atoms with Crippen molar-refractivity contribution in [2.24, 2.45) is 16.9 Å². The van der Waals surface area contributed by atoms with Crippen LogP contribution in [-0.4, -0.2) is 36.3 Å². The summed E-state index contributed by atoms with van der Waals surface area (Å²) in [5.41, 5.74) is 10.1. The first-order valence-corrected chi connectivity index (χ1v) is 6.13. The van der Waals surface area contributed by atoms with E-state index < -0.39 is 11.3 Å². The number of amides is 2. The lowest BCUT2D eigenvalue weighted by Crippen LogP contribution is -2.46. The van der Waals surface area contributed by atoms with Gasteiger partial charge in [0.15, 0.2) is 0 Å². The summed E-state index contributed by atoms with van der Waals surface area (Å²) in [6, 6.07) is 0. The second-order valence-electron chi connectivity index (χ2n) is 4.97. The molecule has 0 unspecified atom stereocenters. The Balaban J connectivity index is 4.65. The molecule has 0 atom stereocenters. The van der Waals surface area contributed by atoms with Gasteiger partial charge in [0.25, 0.3) is 0 Å². The molecule has 0 aromatic carbocycles. The van der Waals surface area contributed by atoms with E-state index in [-0.39, 0.29) is 12.5 Å². The molecule has 100 valence electrons. The van der Waals surface area contributed by atoms with Gasteiger partial charge in [-0.25, -0.2) is 0 Å². The Morgan fingerprint density at radius 1 is 1.29 bits per heavy atom. The summed E-state index contributed by atoms with van der Waals surface area (Å²) >= 11 is 0. The molecule has 17 heavy (non-hydrogen) atoms. The highest BCUT2D eigenvalue weighted by atomic mass is 16.2. The molecular weight excluding hydrogens is 218 g/mol. The molecule has 0 radical (unpaired) electrons. The molecule has 0 saturated heterocycles. The number of hydrogen-bond acceptors (Lipinski definition) is 3. The van der Waals surface area contributed by atoms with Crippen LogP contribution in [0.1, 0.15) is 40.0 Å². The number of carbonyl (C=O) groups is 2. The van der Waals surface area contributed by atoms with E-state index in [4.69, 9.17) is 11.5 Å². The van der Waals surface area contributed by atoms with Gasteiger partial charge in [-0.3, -0.25) is 9.59 Å². The fraction of sp³-hybridized carbons (Fsp3) is 0.833. The molecule has 0 heterocycles. The summed E-state index contributed by atoms with van der Waals surface area (Å²) in [4.78, 5) is 24.8. The molecule has 0 bridgehead atoms. The second kappa shape index (κ2) is 7.27. The van der Waals surface area contributed by atoms with Gasteiger partial charge < -0.3 is 16.4 Å². The van der Waals surface area contributed by atoms with Gasteiger partial charge in [-0.05, 0) is 19.4 Å². The maximum atomic E-state index is 12.3. The largest absolute Gasteiger partial charge is 0.368 e. The van der Waals surface area contributed by atoms with Crippen LogP contribution in [0.4, 0.5) is 0 Å².